The maximum absolute atomic E-state index is 13.2. The molecular formula is C21H24FN3O. The van der Waals surface area contributed by atoms with Gasteiger partial charge in [-0.3, -0.25) is 4.79 Å². The van der Waals surface area contributed by atoms with Gasteiger partial charge >= 0.3 is 0 Å². The molecule has 0 spiro atoms. The Morgan fingerprint density at radius 3 is 2.46 bits per heavy atom. The smallest absolute Gasteiger partial charge is 0.225 e. The van der Waals surface area contributed by atoms with E-state index in [0.717, 1.165) is 30.3 Å². The molecule has 1 aromatic carbocycles. The van der Waals surface area contributed by atoms with Gasteiger partial charge in [-0.15, -0.1) is 0 Å². The molecule has 0 bridgehead atoms. The lowest BCUT2D eigenvalue weighted by atomic mass is 9.82. The molecule has 0 N–H and O–H groups in total. The Hall–Kier alpha value is -2.30. The maximum Gasteiger partial charge on any atom is 0.225 e. The molecule has 1 aliphatic heterocycles. The maximum atomic E-state index is 13.2. The molecule has 1 aromatic heterocycles. The normalized spacial score (nSPS) is 25.9. The van der Waals surface area contributed by atoms with Crippen molar-refractivity contribution in [2.75, 3.05) is 18.0 Å². The Morgan fingerprint density at radius 2 is 1.77 bits per heavy atom. The summed E-state index contributed by atoms with van der Waals surface area (Å²) < 4.78 is 13.2. The molecule has 26 heavy (non-hydrogen) atoms. The number of ketones is 1. The number of benzene rings is 1. The number of halogens is 1. The number of carbonyl (C=O) groups excluding carboxylic acids is 1. The van der Waals surface area contributed by atoms with Crippen LogP contribution >= 0.6 is 0 Å². The van der Waals surface area contributed by atoms with Gasteiger partial charge in [0, 0.05) is 25.7 Å². The number of nitrogens with zero attached hydrogens (tertiary/aromatic N) is 3. The molecule has 0 unspecified atom stereocenters. The van der Waals surface area contributed by atoms with E-state index in [4.69, 9.17) is 4.98 Å². The van der Waals surface area contributed by atoms with E-state index in [9.17, 15) is 9.18 Å². The standard InChI is InChI=1S/C21H24FN3O/c1-13-7-14(2)12-25(11-13)21-23-10-18-19(24-21)8-16(9-20(18)26)15-3-5-17(22)6-4-15/h3-6,10,13-14,16H,7-9,11-12H2,1-2H3/t13-,14-,16-/m1/s1. The molecule has 5 heteroatoms. The van der Waals surface area contributed by atoms with E-state index in [0.29, 0.717) is 30.2 Å². The highest BCUT2D eigenvalue weighted by molar-refractivity contribution is 5.98. The molecule has 1 fully saturated rings. The molecule has 4 rings (SSSR count). The summed E-state index contributed by atoms with van der Waals surface area (Å²) in [4.78, 5) is 24.1. The van der Waals surface area contributed by atoms with Crippen LogP contribution in [0.15, 0.2) is 30.5 Å². The van der Waals surface area contributed by atoms with Crippen LogP contribution in [0, 0.1) is 17.7 Å². The van der Waals surface area contributed by atoms with Gasteiger partial charge in [0.1, 0.15) is 5.82 Å². The first kappa shape index (κ1) is 17.1. The van der Waals surface area contributed by atoms with Gasteiger partial charge in [0.15, 0.2) is 5.78 Å². The number of hydrogen-bond acceptors (Lipinski definition) is 4. The molecular weight excluding hydrogens is 329 g/mol. The predicted molar refractivity (Wildman–Crippen MR) is 99.0 cm³/mol. The molecule has 1 saturated heterocycles. The second-order valence-electron chi connectivity index (χ2n) is 7.96. The largest absolute Gasteiger partial charge is 0.340 e. The van der Waals surface area contributed by atoms with Gasteiger partial charge in [-0.1, -0.05) is 26.0 Å². The summed E-state index contributed by atoms with van der Waals surface area (Å²) in [6, 6.07) is 6.46. The van der Waals surface area contributed by atoms with Crippen molar-refractivity contribution in [1.82, 2.24) is 9.97 Å². The van der Waals surface area contributed by atoms with E-state index in [2.05, 4.69) is 23.7 Å². The molecule has 0 saturated carbocycles. The van der Waals surface area contributed by atoms with Gasteiger partial charge in [-0.2, -0.15) is 0 Å². The van der Waals surface area contributed by atoms with Gasteiger partial charge < -0.3 is 4.90 Å². The van der Waals surface area contributed by atoms with Crippen LogP contribution in [0.2, 0.25) is 0 Å². The Balaban J connectivity index is 1.61. The van der Waals surface area contributed by atoms with Gasteiger partial charge in [0.25, 0.3) is 0 Å². The number of piperidine rings is 1. The predicted octanol–water partition coefficient (Wildman–Crippen LogP) is 4.01. The summed E-state index contributed by atoms with van der Waals surface area (Å²) in [6.07, 6.45) is 4.05. The van der Waals surface area contributed by atoms with Crippen molar-refractivity contribution in [2.24, 2.45) is 11.8 Å². The molecule has 2 aliphatic rings. The van der Waals surface area contributed by atoms with Crippen LogP contribution in [0.4, 0.5) is 10.3 Å². The van der Waals surface area contributed by atoms with Gasteiger partial charge in [0.2, 0.25) is 5.95 Å². The van der Waals surface area contributed by atoms with Crippen molar-refractivity contribution in [2.45, 2.75) is 39.0 Å². The minimum Gasteiger partial charge on any atom is -0.340 e. The van der Waals surface area contributed by atoms with E-state index >= 15 is 0 Å². The van der Waals surface area contributed by atoms with Crippen LogP contribution in [0.5, 0.6) is 0 Å². The Bertz CT molecular complexity index is 811. The van der Waals surface area contributed by atoms with Crippen LogP contribution in [0.25, 0.3) is 0 Å². The number of carbonyl (C=O) groups is 1. The topological polar surface area (TPSA) is 46.1 Å². The first-order valence-electron chi connectivity index (χ1n) is 9.39. The van der Waals surface area contributed by atoms with E-state index in [1.807, 2.05) is 0 Å². The molecule has 2 aromatic rings. The van der Waals surface area contributed by atoms with Gasteiger partial charge in [0.05, 0.1) is 11.3 Å². The third-order valence-corrected chi connectivity index (χ3v) is 5.52. The molecule has 0 radical (unpaired) electrons. The Morgan fingerprint density at radius 1 is 1.08 bits per heavy atom. The third kappa shape index (κ3) is 3.35. The lowest BCUT2D eigenvalue weighted by Crippen LogP contribution is -2.40. The van der Waals surface area contributed by atoms with Crippen molar-refractivity contribution in [3.8, 4) is 0 Å². The summed E-state index contributed by atoms with van der Waals surface area (Å²) in [5, 5.41) is 0. The third-order valence-electron chi connectivity index (χ3n) is 5.52. The quantitative estimate of drug-likeness (QED) is 0.818. The summed E-state index contributed by atoms with van der Waals surface area (Å²) in [6.45, 7) is 6.43. The lowest BCUT2D eigenvalue weighted by molar-refractivity contribution is 0.0962. The van der Waals surface area contributed by atoms with Crippen LogP contribution < -0.4 is 4.90 Å². The van der Waals surface area contributed by atoms with Crippen LogP contribution in [-0.2, 0) is 6.42 Å². The number of aromatic nitrogens is 2. The van der Waals surface area contributed by atoms with E-state index in [-0.39, 0.29) is 17.5 Å². The Labute approximate surface area is 153 Å². The van der Waals surface area contributed by atoms with E-state index < -0.39 is 0 Å². The van der Waals surface area contributed by atoms with Crippen molar-refractivity contribution in [3.63, 3.8) is 0 Å². The zero-order valence-electron chi connectivity index (χ0n) is 15.3. The fourth-order valence-corrected chi connectivity index (χ4v) is 4.38. The summed E-state index contributed by atoms with van der Waals surface area (Å²) in [5.41, 5.74) is 2.46. The molecule has 3 atom stereocenters. The van der Waals surface area contributed by atoms with Crippen LogP contribution in [0.1, 0.15) is 54.2 Å². The van der Waals surface area contributed by atoms with E-state index in [1.54, 1.807) is 18.3 Å². The second-order valence-corrected chi connectivity index (χ2v) is 7.96. The molecule has 1 aliphatic carbocycles. The van der Waals surface area contributed by atoms with Crippen molar-refractivity contribution >= 4 is 11.7 Å². The first-order chi connectivity index (χ1) is 12.5. The number of hydrogen-bond donors (Lipinski definition) is 0. The van der Waals surface area contributed by atoms with Crippen LogP contribution in [-0.4, -0.2) is 28.8 Å². The van der Waals surface area contributed by atoms with Crippen molar-refractivity contribution < 1.29 is 9.18 Å². The highest BCUT2D eigenvalue weighted by atomic mass is 19.1. The minimum absolute atomic E-state index is 0.0533. The van der Waals surface area contributed by atoms with Gasteiger partial charge in [-0.05, 0) is 48.3 Å². The average molecular weight is 353 g/mol. The Kier molecular flexibility index (Phi) is 4.47. The number of Topliss-reactive ketones (excluding diaryl/α,β-unsaturated/α-hetero) is 1. The SMILES string of the molecule is C[C@@H]1C[C@@H](C)CN(c2ncc3c(n2)C[C@@H](c2ccc(F)cc2)CC3=O)C1. The zero-order chi connectivity index (χ0) is 18.3. The van der Waals surface area contributed by atoms with Crippen molar-refractivity contribution in [1.29, 1.82) is 0 Å². The first-order valence-corrected chi connectivity index (χ1v) is 9.39. The molecule has 2 heterocycles. The monoisotopic (exact) mass is 353 g/mol. The zero-order valence-corrected chi connectivity index (χ0v) is 15.3. The number of fused-ring (bicyclic) bond motifs is 1. The summed E-state index contributed by atoms with van der Waals surface area (Å²) >= 11 is 0. The fourth-order valence-electron chi connectivity index (χ4n) is 4.38. The molecule has 136 valence electrons. The highest BCUT2D eigenvalue weighted by Gasteiger charge is 2.30. The average Bonchev–Trinajstić information content (AvgIpc) is 2.61. The van der Waals surface area contributed by atoms with E-state index in [1.165, 1.54) is 18.6 Å². The van der Waals surface area contributed by atoms with Crippen LogP contribution in [0.3, 0.4) is 0 Å². The minimum atomic E-state index is -0.255. The summed E-state index contributed by atoms with van der Waals surface area (Å²) in [7, 11) is 0. The highest BCUT2D eigenvalue weighted by Crippen LogP contribution is 2.33. The van der Waals surface area contributed by atoms with Gasteiger partial charge in [-0.25, -0.2) is 14.4 Å². The molecule has 0 amide bonds. The second kappa shape index (κ2) is 6.78. The fraction of sp³-hybridized carbons (Fsp3) is 0.476. The summed E-state index contributed by atoms with van der Waals surface area (Å²) in [5.74, 6) is 1.84. The number of rotatable bonds is 2. The number of anilines is 1. The lowest BCUT2D eigenvalue weighted by Gasteiger charge is -2.35. The van der Waals surface area contributed by atoms with Crippen molar-refractivity contribution in [3.05, 3.63) is 53.1 Å². The molecule has 4 nitrogen and oxygen atoms in total.